The molecule has 1 aliphatic heterocycles. The molecule has 118 valence electrons. The average Bonchev–Trinajstić information content (AvgIpc) is 2.53. The van der Waals surface area contributed by atoms with Gasteiger partial charge in [0.1, 0.15) is 0 Å². The van der Waals surface area contributed by atoms with Crippen molar-refractivity contribution in [2.24, 2.45) is 0 Å². The molecule has 0 aliphatic carbocycles. The van der Waals surface area contributed by atoms with E-state index in [9.17, 15) is 5.11 Å². The smallest absolute Gasteiger partial charge is 0.197 e. The monoisotopic (exact) mass is 295 g/mol. The molecular formula is C16H25NO4. The summed E-state index contributed by atoms with van der Waals surface area (Å²) >= 11 is 0. The molecule has 1 aromatic rings. The number of morpholine rings is 1. The number of hydrogen-bond acceptors (Lipinski definition) is 5. The van der Waals surface area contributed by atoms with E-state index in [1.165, 1.54) is 0 Å². The van der Waals surface area contributed by atoms with E-state index in [1.807, 2.05) is 30.3 Å². The third-order valence-electron chi connectivity index (χ3n) is 3.57. The third-order valence-corrected chi connectivity index (χ3v) is 3.57. The largest absolute Gasteiger partial charge is 0.387 e. The van der Waals surface area contributed by atoms with E-state index in [4.69, 9.17) is 14.2 Å². The van der Waals surface area contributed by atoms with Crippen LogP contribution in [0.3, 0.4) is 0 Å². The van der Waals surface area contributed by atoms with Gasteiger partial charge in [-0.3, -0.25) is 4.90 Å². The number of ether oxygens (including phenoxy) is 3. The standard InChI is InChI=1S/C16H25NO4/c1-3-10-20-16-15(19-2)17(9-11-21-16)12-14(18)13-7-5-4-6-8-13/h4-8,14-16,18H,3,9-12H2,1-2H3. The van der Waals surface area contributed by atoms with Crippen molar-refractivity contribution in [2.45, 2.75) is 32.0 Å². The van der Waals surface area contributed by atoms with Crippen molar-refractivity contribution < 1.29 is 19.3 Å². The highest BCUT2D eigenvalue weighted by atomic mass is 16.7. The normalized spacial score (nSPS) is 24.9. The molecular weight excluding hydrogens is 270 g/mol. The number of nitrogens with zero attached hydrogens (tertiary/aromatic N) is 1. The molecule has 1 fully saturated rings. The first-order chi connectivity index (χ1) is 10.3. The number of methoxy groups -OCH3 is 1. The van der Waals surface area contributed by atoms with Crippen LogP contribution in [-0.2, 0) is 14.2 Å². The quantitative estimate of drug-likeness (QED) is 0.831. The van der Waals surface area contributed by atoms with Gasteiger partial charge in [0.25, 0.3) is 0 Å². The molecule has 0 radical (unpaired) electrons. The van der Waals surface area contributed by atoms with Gasteiger partial charge in [-0.25, -0.2) is 0 Å². The SMILES string of the molecule is CCCOC1OCCN(CC(O)c2ccccc2)C1OC. The molecule has 0 saturated carbocycles. The van der Waals surface area contributed by atoms with Crippen LogP contribution < -0.4 is 0 Å². The van der Waals surface area contributed by atoms with Crippen LogP contribution in [0.1, 0.15) is 25.0 Å². The molecule has 5 heteroatoms. The fraction of sp³-hybridized carbons (Fsp3) is 0.625. The van der Waals surface area contributed by atoms with Crippen molar-refractivity contribution in [1.29, 1.82) is 0 Å². The number of aliphatic hydroxyl groups is 1. The highest BCUT2D eigenvalue weighted by Crippen LogP contribution is 2.21. The van der Waals surface area contributed by atoms with Gasteiger partial charge in [-0.05, 0) is 12.0 Å². The van der Waals surface area contributed by atoms with E-state index in [1.54, 1.807) is 7.11 Å². The second-order valence-electron chi connectivity index (χ2n) is 5.16. The summed E-state index contributed by atoms with van der Waals surface area (Å²) < 4.78 is 16.8. The molecule has 5 nitrogen and oxygen atoms in total. The molecule has 1 saturated heterocycles. The minimum atomic E-state index is -0.547. The van der Waals surface area contributed by atoms with E-state index in [-0.39, 0.29) is 6.23 Å². The van der Waals surface area contributed by atoms with Crippen molar-refractivity contribution in [3.63, 3.8) is 0 Å². The minimum absolute atomic E-state index is 0.288. The van der Waals surface area contributed by atoms with Gasteiger partial charge in [0, 0.05) is 26.8 Å². The van der Waals surface area contributed by atoms with Gasteiger partial charge in [-0.15, -0.1) is 0 Å². The van der Waals surface area contributed by atoms with Gasteiger partial charge < -0.3 is 19.3 Å². The average molecular weight is 295 g/mol. The van der Waals surface area contributed by atoms with E-state index in [0.717, 1.165) is 12.0 Å². The van der Waals surface area contributed by atoms with Crippen LogP contribution in [0.4, 0.5) is 0 Å². The van der Waals surface area contributed by atoms with Gasteiger partial charge in [0.2, 0.25) is 0 Å². The number of benzene rings is 1. The van der Waals surface area contributed by atoms with Crippen LogP contribution >= 0.6 is 0 Å². The van der Waals surface area contributed by atoms with Crippen molar-refractivity contribution >= 4 is 0 Å². The highest BCUT2D eigenvalue weighted by Gasteiger charge is 2.34. The Morgan fingerprint density at radius 3 is 2.81 bits per heavy atom. The molecule has 1 N–H and O–H groups in total. The van der Waals surface area contributed by atoms with Gasteiger partial charge >= 0.3 is 0 Å². The number of rotatable bonds is 7. The second kappa shape index (κ2) is 8.46. The van der Waals surface area contributed by atoms with Crippen LogP contribution in [0.15, 0.2) is 30.3 Å². The Balaban J connectivity index is 1.97. The molecule has 0 aromatic heterocycles. The predicted octanol–water partition coefficient (Wildman–Crippen LogP) is 1.78. The number of aliphatic hydroxyl groups excluding tert-OH is 1. The van der Waals surface area contributed by atoms with Crippen molar-refractivity contribution in [1.82, 2.24) is 4.90 Å². The summed E-state index contributed by atoms with van der Waals surface area (Å²) in [6.07, 6.45) is -0.299. The fourth-order valence-electron chi connectivity index (χ4n) is 2.49. The Labute approximate surface area is 126 Å². The molecule has 0 spiro atoms. The molecule has 0 bridgehead atoms. The molecule has 3 atom stereocenters. The van der Waals surface area contributed by atoms with Crippen LogP contribution in [0, 0.1) is 0 Å². The van der Waals surface area contributed by atoms with E-state index in [2.05, 4.69) is 11.8 Å². The maximum Gasteiger partial charge on any atom is 0.197 e. The Morgan fingerprint density at radius 2 is 2.14 bits per heavy atom. The Hall–Kier alpha value is -0.980. The van der Waals surface area contributed by atoms with Crippen LogP contribution in [0.25, 0.3) is 0 Å². The molecule has 1 aromatic carbocycles. The fourth-order valence-corrected chi connectivity index (χ4v) is 2.49. The van der Waals surface area contributed by atoms with E-state index in [0.29, 0.717) is 26.3 Å². The maximum atomic E-state index is 10.4. The summed E-state index contributed by atoms with van der Waals surface area (Å²) in [5.74, 6) is 0. The Bertz CT molecular complexity index is 401. The van der Waals surface area contributed by atoms with Crippen LogP contribution in [0.5, 0.6) is 0 Å². The zero-order valence-electron chi connectivity index (χ0n) is 12.8. The number of hydrogen-bond donors (Lipinski definition) is 1. The molecule has 3 unspecified atom stereocenters. The zero-order chi connectivity index (χ0) is 15.1. The first kappa shape index (κ1) is 16.4. The highest BCUT2D eigenvalue weighted by molar-refractivity contribution is 5.17. The lowest BCUT2D eigenvalue weighted by Gasteiger charge is -2.40. The van der Waals surface area contributed by atoms with Crippen LogP contribution in [0.2, 0.25) is 0 Å². The topological polar surface area (TPSA) is 51.2 Å². The summed E-state index contributed by atoms with van der Waals surface area (Å²) in [7, 11) is 1.64. The van der Waals surface area contributed by atoms with Gasteiger partial charge in [0.05, 0.1) is 12.7 Å². The van der Waals surface area contributed by atoms with Crippen LogP contribution in [-0.4, -0.2) is 55.9 Å². The summed E-state index contributed by atoms with van der Waals surface area (Å²) in [4.78, 5) is 2.07. The molecule has 2 rings (SSSR count). The van der Waals surface area contributed by atoms with Gasteiger partial charge in [0.15, 0.2) is 12.5 Å². The molecule has 1 heterocycles. The summed E-state index contributed by atoms with van der Waals surface area (Å²) in [6.45, 7) is 4.49. The minimum Gasteiger partial charge on any atom is -0.387 e. The first-order valence-corrected chi connectivity index (χ1v) is 7.49. The number of β-amino-alcohol motifs (C(OH)–C–C–N with tert-alkyl or cyclic N) is 1. The predicted molar refractivity (Wildman–Crippen MR) is 79.8 cm³/mol. The van der Waals surface area contributed by atoms with Crippen molar-refractivity contribution in [3.05, 3.63) is 35.9 Å². The Kier molecular flexibility index (Phi) is 6.60. The van der Waals surface area contributed by atoms with E-state index < -0.39 is 12.4 Å². The van der Waals surface area contributed by atoms with Gasteiger partial charge in [-0.1, -0.05) is 37.3 Å². The first-order valence-electron chi connectivity index (χ1n) is 7.49. The van der Waals surface area contributed by atoms with Crippen molar-refractivity contribution in [3.8, 4) is 0 Å². The third kappa shape index (κ3) is 4.49. The lowest BCUT2D eigenvalue weighted by Crippen LogP contribution is -2.54. The lowest BCUT2D eigenvalue weighted by molar-refractivity contribution is -0.270. The van der Waals surface area contributed by atoms with E-state index >= 15 is 0 Å². The molecule has 1 aliphatic rings. The second-order valence-corrected chi connectivity index (χ2v) is 5.16. The summed E-state index contributed by atoms with van der Waals surface area (Å²) in [5.41, 5.74) is 0.907. The van der Waals surface area contributed by atoms with Crippen molar-refractivity contribution in [2.75, 3.05) is 33.4 Å². The lowest BCUT2D eigenvalue weighted by atomic mass is 10.1. The maximum absolute atomic E-state index is 10.4. The zero-order valence-corrected chi connectivity index (χ0v) is 12.8. The summed E-state index contributed by atoms with van der Waals surface area (Å²) in [6, 6.07) is 9.66. The Morgan fingerprint density at radius 1 is 1.38 bits per heavy atom. The van der Waals surface area contributed by atoms with Gasteiger partial charge in [-0.2, -0.15) is 0 Å². The molecule has 21 heavy (non-hydrogen) atoms. The molecule has 0 amide bonds. The summed E-state index contributed by atoms with van der Waals surface area (Å²) in [5, 5.41) is 10.4.